The number of aromatic nitrogens is 2. The molecule has 24 heavy (non-hydrogen) atoms. The summed E-state index contributed by atoms with van der Waals surface area (Å²) in [5, 5.41) is 5.57. The second-order valence-electron chi connectivity index (χ2n) is 4.19. The molecule has 13 heteroatoms. The van der Waals surface area contributed by atoms with Gasteiger partial charge >= 0.3 is 5.76 Å². The summed E-state index contributed by atoms with van der Waals surface area (Å²) in [7, 11) is -4.80. The quantitative estimate of drug-likeness (QED) is 0.585. The molecule has 0 aliphatic heterocycles. The van der Waals surface area contributed by atoms with Gasteiger partial charge in [0.25, 0.3) is 6.43 Å². The second-order valence-corrected chi connectivity index (χ2v) is 7.68. The van der Waals surface area contributed by atoms with E-state index in [0.717, 1.165) is 18.2 Å². The zero-order chi connectivity index (χ0) is 18.1. The van der Waals surface area contributed by atoms with E-state index in [-0.39, 0.29) is 20.6 Å². The van der Waals surface area contributed by atoms with Crippen molar-refractivity contribution in [2.24, 2.45) is 0 Å². The molecule has 0 aliphatic rings. The third-order valence-corrected chi connectivity index (χ3v) is 5.57. The van der Waals surface area contributed by atoms with Crippen LogP contribution in [0.4, 0.5) is 23.2 Å². The first-order chi connectivity index (χ1) is 11.1. The van der Waals surface area contributed by atoms with Crippen LogP contribution in [0.5, 0.6) is 0 Å². The first-order valence-corrected chi connectivity index (χ1v) is 8.98. The highest BCUT2D eigenvalue weighted by atomic mass is 35.5. The lowest BCUT2D eigenvalue weighted by atomic mass is 10.3. The van der Waals surface area contributed by atoms with E-state index < -0.39 is 32.6 Å². The molecule has 0 spiro atoms. The van der Waals surface area contributed by atoms with Gasteiger partial charge in [-0.2, -0.15) is 8.78 Å². The lowest BCUT2D eigenvalue weighted by Gasteiger charge is -2.10. The van der Waals surface area contributed by atoms with Crippen molar-refractivity contribution in [2.75, 3.05) is 5.32 Å². The van der Waals surface area contributed by atoms with Gasteiger partial charge in [0.2, 0.25) is 9.84 Å². The lowest BCUT2D eigenvalue weighted by molar-refractivity contribution is 0.146. The van der Waals surface area contributed by atoms with E-state index in [1.165, 1.54) is 0 Å². The van der Waals surface area contributed by atoms with Crippen LogP contribution in [0.25, 0.3) is 0 Å². The fourth-order valence-electron chi connectivity index (χ4n) is 1.55. The average Bonchev–Trinajstić information content (AvgIpc) is 2.98. The molecule has 0 fully saturated rings. The molecular weight excluding hydrogens is 414 g/mol. The van der Waals surface area contributed by atoms with Gasteiger partial charge in [-0.15, -0.1) is 5.10 Å². The summed E-state index contributed by atoms with van der Waals surface area (Å²) in [6.45, 7) is 0. The molecule has 0 aliphatic carbocycles. The van der Waals surface area contributed by atoms with Crippen molar-refractivity contribution in [3.8, 4) is 0 Å². The number of anilines is 1. The molecule has 0 saturated carbocycles. The number of halogens is 5. The summed E-state index contributed by atoms with van der Waals surface area (Å²) in [4.78, 5) is -0.918. The molecule has 130 valence electrons. The Morgan fingerprint density at radius 3 is 2.50 bits per heavy atom. The maximum atomic E-state index is 12.8. The number of nitrogens with one attached hydrogen (secondary N) is 1. The van der Waals surface area contributed by atoms with Crippen molar-refractivity contribution < 1.29 is 26.0 Å². The van der Waals surface area contributed by atoms with Crippen molar-refractivity contribution in [1.82, 2.24) is 9.59 Å². The van der Waals surface area contributed by atoms with E-state index in [4.69, 9.17) is 23.8 Å². The number of alkyl halides is 4. The first-order valence-electron chi connectivity index (χ1n) is 5.88. The van der Waals surface area contributed by atoms with E-state index in [2.05, 4.69) is 14.9 Å². The van der Waals surface area contributed by atoms with Crippen molar-refractivity contribution in [3.63, 3.8) is 0 Å². The Morgan fingerprint density at radius 2 is 1.96 bits per heavy atom. The van der Waals surface area contributed by atoms with Gasteiger partial charge in [0.05, 0.1) is 15.6 Å². The average molecular weight is 420 g/mol. The molecule has 1 aromatic heterocycles. The number of thiocarbonyl (C=S) groups is 1. The van der Waals surface area contributed by atoms with Crippen LogP contribution in [0, 0.1) is 0 Å². The third-order valence-electron chi connectivity index (χ3n) is 2.68. The van der Waals surface area contributed by atoms with Crippen molar-refractivity contribution >= 4 is 55.9 Å². The van der Waals surface area contributed by atoms with Gasteiger partial charge in [0.1, 0.15) is 9.87 Å². The number of hydrogen-bond acceptors (Lipinski definition) is 6. The summed E-state index contributed by atoms with van der Waals surface area (Å²) in [6, 6.07) is 2.81. The summed E-state index contributed by atoms with van der Waals surface area (Å²) in [5.41, 5.74) is -0.547. The number of hydrogen-bond donors (Lipinski definition) is 1. The topological polar surface area (TPSA) is 72.0 Å². The highest BCUT2D eigenvalue weighted by Gasteiger charge is 2.27. The minimum atomic E-state index is -4.80. The summed E-state index contributed by atoms with van der Waals surface area (Å²) < 4.78 is 76.6. The third kappa shape index (κ3) is 3.82. The Balaban J connectivity index is 2.28. The van der Waals surface area contributed by atoms with Gasteiger partial charge in [-0.3, -0.25) is 0 Å². The van der Waals surface area contributed by atoms with Gasteiger partial charge in [-0.05, 0) is 29.7 Å². The number of nitrogens with zero attached hydrogens (tertiary/aromatic N) is 2. The van der Waals surface area contributed by atoms with E-state index in [1.807, 2.05) is 0 Å². The molecule has 2 rings (SSSR count). The first kappa shape index (κ1) is 19.0. The van der Waals surface area contributed by atoms with Gasteiger partial charge in [-0.25, -0.2) is 17.2 Å². The predicted molar refractivity (Wildman–Crippen MR) is 84.8 cm³/mol. The van der Waals surface area contributed by atoms with E-state index in [9.17, 15) is 26.0 Å². The van der Waals surface area contributed by atoms with Crippen LogP contribution < -0.4 is 5.32 Å². The zero-order valence-corrected chi connectivity index (χ0v) is 14.4. The van der Waals surface area contributed by atoms with Crippen LogP contribution in [0.15, 0.2) is 23.1 Å². The maximum absolute atomic E-state index is 12.8. The summed E-state index contributed by atoms with van der Waals surface area (Å²) >= 11 is 11.4. The molecule has 2 aromatic rings. The molecule has 0 amide bonds. The molecular formula is C11H6ClF4N3O2S3. The molecule has 0 unspecified atom stereocenters. The zero-order valence-electron chi connectivity index (χ0n) is 11.2. The van der Waals surface area contributed by atoms with Crippen LogP contribution in [-0.2, 0) is 9.84 Å². The molecule has 0 radical (unpaired) electrons. The van der Waals surface area contributed by atoms with E-state index >= 15 is 0 Å². The smallest absolute Gasteiger partial charge is 0.341 e. The minimum absolute atomic E-state index is 0.0588. The van der Waals surface area contributed by atoms with Crippen LogP contribution >= 0.6 is 35.4 Å². The van der Waals surface area contributed by atoms with Crippen LogP contribution in [0.1, 0.15) is 17.0 Å². The normalized spacial score (nSPS) is 12.0. The largest absolute Gasteiger partial charge is 0.344 e. The van der Waals surface area contributed by atoms with Gasteiger partial charge < -0.3 is 5.32 Å². The SMILES string of the molecule is O=S(=O)(c1ccc(NC(=S)c2snnc2C(F)F)c(Cl)c1)C(F)F. The molecule has 5 nitrogen and oxygen atoms in total. The summed E-state index contributed by atoms with van der Waals surface area (Å²) in [5.74, 6) is -3.59. The van der Waals surface area contributed by atoms with Crippen molar-refractivity contribution in [3.05, 3.63) is 33.8 Å². The molecule has 0 saturated heterocycles. The number of benzene rings is 1. The number of sulfone groups is 1. The number of rotatable bonds is 5. The summed E-state index contributed by atoms with van der Waals surface area (Å²) in [6.07, 6.45) is -2.88. The Labute approximate surface area is 147 Å². The fourth-order valence-corrected chi connectivity index (χ4v) is 3.49. The van der Waals surface area contributed by atoms with Crippen LogP contribution in [-0.4, -0.2) is 28.8 Å². The van der Waals surface area contributed by atoms with Crippen LogP contribution in [0.2, 0.25) is 5.02 Å². The molecule has 1 heterocycles. The highest BCUT2D eigenvalue weighted by Crippen LogP contribution is 2.30. The van der Waals surface area contributed by atoms with Crippen molar-refractivity contribution in [2.45, 2.75) is 17.1 Å². The molecule has 1 N–H and O–H groups in total. The highest BCUT2D eigenvalue weighted by molar-refractivity contribution is 7.91. The van der Waals surface area contributed by atoms with E-state index in [0.29, 0.717) is 11.5 Å². The minimum Gasteiger partial charge on any atom is -0.344 e. The Hall–Kier alpha value is -1.37. The Morgan fingerprint density at radius 1 is 1.29 bits per heavy atom. The van der Waals surface area contributed by atoms with E-state index in [1.54, 1.807) is 0 Å². The second kappa shape index (κ2) is 7.25. The standard InChI is InChI=1S/C11H6ClF4N3O2S3/c12-5-3-4(24(20,21)11(15)16)1-2-6(5)17-10(22)8-7(9(13)14)18-19-23-8/h1-3,9,11H,(H,17,22). The Kier molecular flexibility index (Phi) is 5.73. The molecule has 1 aromatic carbocycles. The maximum Gasteiger partial charge on any atom is 0.341 e. The predicted octanol–water partition coefficient (Wildman–Crippen LogP) is 3.91. The van der Waals surface area contributed by atoms with Gasteiger partial charge in [0, 0.05) is 0 Å². The lowest BCUT2D eigenvalue weighted by Crippen LogP contribution is -2.13. The molecule has 0 bridgehead atoms. The molecule has 0 atom stereocenters. The van der Waals surface area contributed by atoms with Crippen LogP contribution in [0.3, 0.4) is 0 Å². The van der Waals surface area contributed by atoms with Crippen molar-refractivity contribution in [1.29, 1.82) is 0 Å². The monoisotopic (exact) mass is 419 g/mol. The van der Waals surface area contributed by atoms with Gasteiger partial charge in [-0.1, -0.05) is 28.3 Å². The Bertz CT molecular complexity index is 873. The van der Waals surface area contributed by atoms with Gasteiger partial charge in [0.15, 0.2) is 5.69 Å². The fraction of sp³-hybridized carbons (Fsp3) is 0.182.